The fourth-order valence-electron chi connectivity index (χ4n) is 3.85. The summed E-state index contributed by atoms with van der Waals surface area (Å²) in [7, 11) is 0. The Kier molecular flexibility index (Phi) is 4.82. The number of nitrogens with zero attached hydrogens (tertiary/aromatic N) is 2. The standard InChI is InChI=1S/C21H22N4O5/c1-11-16(18(27)30-20(2,3)4)21(13(9-22)17(24)29-11)12-7-5-6-8-14(12)25(19(21)28)10-15(23)26/h5-8H,10,24H2,1-4H3,(H2,23,26)/t21-/m0/s1. The molecule has 156 valence electrons. The number of amides is 2. The summed E-state index contributed by atoms with van der Waals surface area (Å²) in [5.41, 5.74) is 8.79. The van der Waals surface area contributed by atoms with Gasteiger partial charge in [-0.25, -0.2) is 4.79 Å². The molecule has 2 aliphatic rings. The van der Waals surface area contributed by atoms with Gasteiger partial charge in [-0.1, -0.05) is 18.2 Å². The van der Waals surface area contributed by atoms with E-state index in [2.05, 4.69) is 0 Å². The van der Waals surface area contributed by atoms with Gasteiger partial charge in [-0.2, -0.15) is 5.26 Å². The van der Waals surface area contributed by atoms with E-state index in [1.54, 1.807) is 45.0 Å². The van der Waals surface area contributed by atoms with Crippen molar-refractivity contribution in [3.63, 3.8) is 0 Å². The first-order valence-corrected chi connectivity index (χ1v) is 9.17. The summed E-state index contributed by atoms with van der Waals surface area (Å²) >= 11 is 0. The summed E-state index contributed by atoms with van der Waals surface area (Å²) in [5.74, 6) is -2.55. The summed E-state index contributed by atoms with van der Waals surface area (Å²) in [6, 6.07) is 8.45. The fraction of sp³-hybridized carbons (Fsp3) is 0.333. The average Bonchev–Trinajstić information content (AvgIpc) is 2.84. The number of hydrogen-bond acceptors (Lipinski definition) is 7. The average molecular weight is 410 g/mol. The summed E-state index contributed by atoms with van der Waals surface area (Å²) in [6.07, 6.45) is 0. The largest absolute Gasteiger partial charge is 0.456 e. The molecule has 0 unspecified atom stereocenters. The molecule has 1 aromatic carbocycles. The van der Waals surface area contributed by atoms with Crippen molar-refractivity contribution < 1.29 is 23.9 Å². The first-order valence-electron chi connectivity index (χ1n) is 9.17. The summed E-state index contributed by atoms with van der Waals surface area (Å²) in [4.78, 5) is 39.8. The number of rotatable bonds is 3. The number of esters is 1. The van der Waals surface area contributed by atoms with Crippen LogP contribution in [0, 0.1) is 11.3 Å². The van der Waals surface area contributed by atoms with Crippen molar-refractivity contribution >= 4 is 23.5 Å². The van der Waals surface area contributed by atoms with Gasteiger partial charge < -0.3 is 25.8 Å². The van der Waals surface area contributed by atoms with Gasteiger partial charge in [0.2, 0.25) is 17.7 Å². The van der Waals surface area contributed by atoms with Gasteiger partial charge >= 0.3 is 5.97 Å². The van der Waals surface area contributed by atoms with Crippen LogP contribution in [0.15, 0.2) is 47.1 Å². The molecular formula is C21H22N4O5. The Bertz CT molecular complexity index is 1070. The number of allylic oxidation sites excluding steroid dienone is 1. The SMILES string of the molecule is CC1=C(C(=O)OC(C)(C)C)[C@@]2(C(=O)N(CC(N)=O)c3ccccc32)C(C#N)=C(N)O1. The van der Waals surface area contributed by atoms with Crippen LogP contribution in [0.3, 0.4) is 0 Å². The lowest BCUT2D eigenvalue weighted by Gasteiger charge is -2.35. The van der Waals surface area contributed by atoms with E-state index in [1.807, 2.05) is 6.07 Å². The Morgan fingerprint density at radius 1 is 1.30 bits per heavy atom. The van der Waals surface area contributed by atoms with Gasteiger partial charge in [0.25, 0.3) is 0 Å². The molecule has 1 aromatic rings. The maximum absolute atomic E-state index is 13.8. The highest BCUT2D eigenvalue weighted by molar-refractivity contribution is 6.19. The minimum Gasteiger partial charge on any atom is -0.456 e. The molecule has 0 radical (unpaired) electrons. The van der Waals surface area contributed by atoms with Crippen LogP contribution in [-0.4, -0.2) is 29.9 Å². The molecule has 0 fully saturated rings. The van der Waals surface area contributed by atoms with E-state index < -0.39 is 35.3 Å². The Morgan fingerprint density at radius 2 is 1.93 bits per heavy atom. The highest BCUT2D eigenvalue weighted by atomic mass is 16.6. The number of para-hydroxylation sites is 1. The summed E-state index contributed by atoms with van der Waals surface area (Å²) in [6.45, 7) is 6.06. The normalized spacial score (nSPS) is 20.8. The van der Waals surface area contributed by atoms with E-state index in [0.717, 1.165) is 4.90 Å². The van der Waals surface area contributed by atoms with E-state index in [1.165, 1.54) is 6.92 Å². The van der Waals surface area contributed by atoms with Crippen LogP contribution < -0.4 is 16.4 Å². The lowest BCUT2D eigenvalue weighted by molar-refractivity contribution is -0.151. The van der Waals surface area contributed by atoms with Crippen molar-refractivity contribution in [2.24, 2.45) is 11.5 Å². The van der Waals surface area contributed by atoms with E-state index >= 15 is 0 Å². The molecule has 0 bridgehead atoms. The third kappa shape index (κ3) is 2.97. The Hall–Kier alpha value is -3.80. The van der Waals surface area contributed by atoms with E-state index in [4.69, 9.17) is 20.9 Å². The Morgan fingerprint density at radius 3 is 2.50 bits per heavy atom. The van der Waals surface area contributed by atoms with Crippen LogP contribution in [-0.2, 0) is 29.3 Å². The van der Waals surface area contributed by atoms with Crippen LogP contribution in [0.25, 0.3) is 0 Å². The maximum Gasteiger partial charge on any atom is 0.339 e. The van der Waals surface area contributed by atoms with Gasteiger partial charge in [-0.3, -0.25) is 9.59 Å². The topological polar surface area (TPSA) is 149 Å². The third-order valence-corrected chi connectivity index (χ3v) is 4.81. The zero-order chi connectivity index (χ0) is 22.4. The molecule has 9 heteroatoms. The van der Waals surface area contributed by atoms with E-state index in [-0.39, 0.29) is 22.8 Å². The quantitative estimate of drug-likeness (QED) is 0.709. The minimum atomic E-state index is -1.91. The zero-order valence-corrected chi connectivity index (χ0v) is 17.1. The van der Waals surface area contributed by atoms with Crippen molar-refractivity contribution in [1.29, 1.82) is 5.26 Å². The molecule has 0 saturated heterocycles. The lowest BCUT2D eigenvalue weighted by Crippen LogP contribution is -2.50. The molecule has 2 amide bonds. The van der Waals surface area contributed by atoms with Crippen LogP contribution in [0.5, 0.6) is 0 Å². The zero-order valence-electron chi connectivity index (χ0n) is 17.1. The molecular weight excluding hydrogens is 388 g/mol. The number of anilines is 1. The molecule has 1 atom stereocenters. The predicted octanol–water partition coefficient (Wildman–Crippen LogP) is 1.10. The minimum absolute atomic E-state index is 0.0322. The Labute approximate surface area is 173 Å². The van der Waals surface area contributed by atoms with Crippen LogP contribution in [0.4, 0.5) is 5.69 Å². The first kappa shape index (κ1) is 20.9. The van der Waals surface area contributed by atoms with Gasteiger partial charge in [0.15, 0.2) is 5.41 Å². The van der Waals surface area contributed by atoms with E-state index in [0.29, 0.717) is 11.3 Å². The summed E-state index contributed by atoms with van der Waals surface area (Å²) < 4.78 is 11.0. The van der Waals surface area contributed by atoms with Crippen molar-refractivity contribution in [2.45, 2.75) is 38.7 Å². The highest BCUT2D eigenvalue weighted by Gasteiger charge is 2.62. The molecule has 9 nitrogen and oxygen atoms in total. The van der Waals surface area contributed by atoms with Crippen LogP contribution in [0.2, 0.25) is 0 Å². The van der Waals surface area contributed by atoms with Crippen molar-refractivity contribution in [1.82, 2.24) is 0 Å². The number of benzene rings is 1. The fourth-order valence-corrected chi connectivity index (χ4v) is 3.85. The van der Waals surface area contributed by atoms with Crippen LogP contribution >= 0.6 is 0 Å². The monoisotopic (exact) mass is 410 g/mol. The number of nitrogens with two attached hydrogens (primary N) is 2. The van der Waals surface area contributed by atoms with E-state index in [9.17, 15) is 19.6 Å². The summed E-state index contributed by atoms with van der Waals surface area (Å²) in [5, 5.41) is 9.91. The number of carbonyl (C=O) groups excluding carboxylic acids is 3. The lowest BCUT2D eigenvalue weighted by atomic mass is 9.68. The third-order valence-electron chi connectivity index (χ3n) is 4.81. The van der Waals surface area contributed by atoms with Gasteiger partial charge in [0.1, 0.15) is 35.1 Å². The number of fused-ring (bicyclic) bond motifs is 2. The number of hydrogen-bond donors (Lipinski definition) is 2. The van der Waals surface area contributed by atoms with Crippen molar-refractivity contribution in [3.05, 3.63) is 52.6 Å². The number of nitriles is 1. The van der Waals surface area contributed by atoms with Crippen molar-refractivity contribution in [2.75, 3.05) is 11.4 Å². The van der Waals surface area contributed by atoms with Gasteiger partial charge in [-0.15, -0.1) is 0 Å². The smallest absolute Gasteiger partial charge is 0.339 e. The number of carbonyl (C=O) groups is 3. The molecule has 1 spiro atoms. The van der Waals surface area contributed by atoms with Gasteiger partial charge in [0.05, 0.1) is 0 Å². The Balaban J connectivity index is 2.38. The second-order valence-electron chi connectivity index (χ2n) is 8.01. The highest BCUT2D eigenvalue weighted by Crippen LogP contribution is 2.54. The van der Waals surface area contributed by atoms with Gasteiger partial charge in [0, 0.05) is 11.3 Å². The predicted molar refractivity (Wildman–Crippen MR) is 106 cm³/mol. The molecule has 0 saturated carbocycles. The molecule has 0 aliphatic carbocycles. The van der Waals surface area contributed by atoms with Gasteiger partial charge in [-0.05, 0) is 33.8 Å². The first-order chi connectivity index (χ1) is 13.9. The number of primary amides is 1. The molecule has 4 N–H and O–H groups in total. The molecule has 2 heterocycles. The molecule has 2 aliphatic heterocycles. The molecule has 3 rings (SSSR count). The van der Waals surface area contributed by atoms with Crippen molar-refractivity contribution in [3.8, 4) is 6.07 Å². The molecule has 30 heavy (non-hydrogen) atoms. The second kappa shape index (κ2) is 6.91. The number of ether oxygens (including phenoxy) is 2. The second-order valence-corrected chi connectivity index (χ2v) is 8.01. The molecule has 0 aromatic heterocycles. The maximum atomic E-state index is 13.8. The van der Waals surface area contributed by atoms with Crippen LogP contribution in [0.1, 0.15) is 33.3 Å².